The highest BCUT2D eigenvalue weighted by Crippen LogP contribution is 2.23. The Labute approximate surface area is 129 Å². The van der Waals surface area contributed by atoms with Gasteiger partial charge in [0.1, 0.15) is 5.82 Å². The zero-order valence-corrected chi connectivity index (χ0v) is 13.7. The van der Waals surface area contributed by atoms with Crippen LogP contribution in [0.4, 0.5) is 11.5 Å². The first-order valence-electron chi connectivity index (χ1n) is 6.72. The van der Waals surface area contributed by atoms with E-state index in [1.807, 2.05) is 37.3 Å². The molecule has 2 N–H and O–H groups in total. The van der Waals surface area contributed by atoms with Crippen LogP contribution in [0.25, 0.3) is 0 Å². The highest BCUT2D eigenvalue weighted by atomic mass is 79.9. The minimum atomic E-state index is 0.350. The fraction of sp³-hybridized carbons (Fsp3) is 0.312. The first-order chi connectivity index (χ1) is 9.49. The van der Waals surface area contributed by atoms with Gasteiger partial charge in [-0.15, -0.1) is 0 Å². The van der Waals surface area contributed by atoms with E-state index in [4.69, 9.17) is 5.73 Å². The topological polar surface area (TPSA) is 42.2 Å². The summed E-state index contributed by atoms with van der Waals surface area (Å²) in [4.78, 5) is 6.91. The van der Waals surface area contributed by atoms with E-state index < -0.39 is 0 Å². The summed E-state index contributed by atoms with van der Waals surface area (Å²) in [6.07, 6.45) is 0. The molecule has 0 atom stereocenters. The molecule has 4 heteroatoms. The number of nitrogens with two attached hydrogens (primary N) is 1. The van der Waals surface area contributed by atoms with Crippen molar-refractivity contribution < 1.29 is 0 Å². The number of benzene rings is 1. The summed E-state index contributed by atoms with van der Waals surface area (Å²) in [6.45, 7) is 7.09. The summed E-state index contributed by atoms with van der Waals surface area (Å²) >= 11 is 3.49. The third kappa shape index (κ3) is 3.31. The second-order valence-corrected chi connectivity index (χ2v) is 6.01. The van der Waals surface area contributed by atoms with Gasteiger partial charge in [-0.2, -0.15) is 0 Å². The Morgan fingerprint density at radius 2 is 1.90 bits per heavy atom. The maximum Gasteiger partial charge on any atom is 0.129 e. The fourth-order valence-corrected chi connectivity index (χ4v) is 2.30. The maximum absolute atomic E-state index is 6.05. The van der Waals surface area contributed by atoms with Crippen LogP contribution >= 0.6 is 15.9 Å². The number of halogens is 1. The minimum Gasteiger partial charge on any atom is -0.398 e. The number of nitrogens with zero attached hydrogens (tertiary/aromatic N) is 2. The molecule has 0 saturated carbocycles. The Hall–Kier alpha value is -1.55. The van der Waals surface area contributed by atoms with Gasteiger partial charge in [0.05, 0.1) is 5.69 Å². The first kappa shape index (κ1) is 14.9. The molecule has 2 rings (SSSR count). The third-order valence-electron chi connectivity index (χ3n) is 3.32. The highest BCUT2D eigenvalue weighted by Gasteiger charge is 2.14. The van der Waals surface area contributed by atoms with Crippen LogP contribution in [0.5, 0.6) is 0 Å². The van der Waals surface area contributed by atoms with Gasteiger partial charge >= 0.3 is 0 Å². The van der Waals surface area contributed by atoms with Gasteiger partial charge in [0.25, 0.3) is 0 Å². The second kappa shape index (κ2) is 6.27. The molecule has 0 fully saturated rings. The average Bonchev–Trinajstić information content (AvgIpc) is 2.41. The molecule has 3 nitrogen and oxygen atoms in total. The second-order valence-electron chi connectivity index (χ2n) is 5.16. The van der Waals surface area contributed by atoms with Crippen LogP contribution in [0.3, 0.4) is 0 Å². The van der Waals surface area contributed by atoms with Gasteiger partial charge in [0.15, 0.2) is 0 Å². The van der Waals surface area contributed by atoms with Crippen LogP contribution in [0, 0.1) is 6.92 Å². The van der Waals surface area contributed by atoms with Gasteiger partial charge in [-0.25, -0.2) is 4.98 Å². The summed E-state index contributed by atoms with van der Waals surface area (Å²) in [7, 11) is 0. The van der Waals surface area contributed by atoms with Crippen LogP contribution in [0.15, 0.2) is 40.9 Å². The van der Waals surface area contributed by atoms with Gasteiger partial charge in [0.2, 0.25) is 0 Å². The van der Waals surface area contributed by atoms with Gasteiger partial charge < -0.3 is 10.6 Å². The van der Waals surface area contributed by atoms with Gasteiger partial charge in [-0.3, -0.25) is 0 Å². The fourth-order valence-electron chi connectivity index (χ4n) is 2.08. The number of pyridine rings is 1. The molecule has 0 aliphatic carbocycles. The molecular formula is C16H20BrN3. The molecule has 1 aromatic carbocycles. The van der Waals surface area contributed by atoms with Crippen molar-refractivity contribution in [2.45, 2.75) is 33.4 Å². The molecule has 0 unspecified atom stereocenters. The van der Waals surface area contributed by atoms with E-state index in [0.717, 1.165) is 33.8 Å². The summed E-state index contributed by atoms with van der Waals surface area (Å²) in [5.41, 5.74) is 9.00. The van der Waals surface area contributed by atoms with E-state index in [-0.39, 0.29) is 0 Å². The molecule has 0 aliphatic rings. The lowest BCUT2D eigenvalue weighted by Crippen LogP contribution is -2.31. The van der Waals surface area contributed by atoms with E-state index in [1.54, 1.807) is 0 Å². The zero-order valence-electron chi connectivity index (χ0n) is 12.1. The molecule has 0 aliphatic heterocycles. The number of aryl methyl sites for hydroxylation is 1. The highest BCUT2D eigenvalue weighted by molar-refractivity contribution is 9.10. The molecule has 0 amide bonds. The molecule has 0 bridgehead atoms. The zero-order chi connectivity index (χ0) is 14.7. The smallest absolute Gasteiger partial charge is 0.129 e. The number of hydrogen-bond donors (Lipinski definition) is 1. The van der Waals surface area contributed by atoms with Crippen molar-refractivity contribution in [3.63, 3.8) is 0 Å². The summed E-state index contributed by atoms with van der Waals surface area (Å²) in [5, 5.41) is 0. The molecule has 0 saturated heterocycles. The number of nitrogen functional groups attached to an aromatic ring is 1. The Bertz CT molecular complexity index is 596. The van der Waals surface area contributed by atoms with E-state index in [9.17, 15) is 0 Å². The molecule has 1 heterocycles. The van der Waals surface area contributed by atoms with E-state index in [0.29, 0.717) is 6.04 Å². The molecule has 0 radical (unpaired) electrons. The third-order valence-corrected chi connectivity index (χ3v) is 4.16. The van der Waals surface area contributed by atoms with Crippen LogP contribution in [-0.4, -0.2) is 11.0 Å². The molecule has 20 heavy (non-hydrogen) atoms. The standard InChI is InChI=1S/C16H20BrN3/c1-11(2)20(10-13-6-4-5-7-15(13)18)16-9-8-14(17)12(3)19-16/h4-9,11H,10,18H2,1-3H3. The number of anilines is 2. The van der Waals surface area contributed by atoms with Crippen molar-refractivity contribution in [2.24, 2.45) is 0 Å². The minimum absolute atomic E-state index is 0.350. The first-order valence-corrected chi connectivity index (χ1v) is 7.51. The molecular weight excluding hydrogens is 314 g/mol. The maximum atomic E-state index is 6.05. The monoisotopic (exact) mass is 333 g/mol. The van der Waals surface area contributed by atoms with Gasteiger partial charge in [-0.1, -0.05) is 18.2 Å². The SMILES string of the molecule is Cc1nc(N(Cc2ccccc2N)C(C)C)ccc1Br. The Morgan fingerprint density at radius 1 is 1.20 bits per heavy atom. The summed E-state index contributed by atoms with van der Waals surface area (Å²) < 4.78 is 1.03. The number of aromatic nitrogens is 1. The van der Waals surface area contributed by atoms with Crippen LogP contribution < -0.4 is 10.6 Å². The number of rotatable bonds is 4. The molecule has 2 aromatic rings. The van der Waals surface area contributed by atoms with E-state index in [2.05, 4.69) is 45.7 Å². The van der Waals surface area contributed by atoms with E-state index in [1.165, 1.54) is 0 Å². The Morgan fingerprint density at radius 3 is 2.50 bits per heavy atom. The molecule has 1 aromatic heterocycles. The summed E-state index contributed by atoms with van der Waals surface area (Å²) in [5.74, 6) is 0.976. The lowest BCUT2D eigenvalue weighted by Gasteiger charge is -2.29. The predicted octanol–water partition coefficient (Wildman–Crippen LogP) is 4.15. The number of para-hydroxylation sites is 1. The lowest BCUT2D eigenvalue weighted by atomic mass is 10.1. The summed E-state index contributed by atoms with van der Waals surface area (Å²) in [6, 6.07) is 12.4. The van der Waals surface area contributed by atoms with Crippen LogP contribution in [0.1, 0.15) is 25.1 Å². The van der Waals surface area contributed by atoms with Gasteiger partial charge in [0, 0.05) is 22.7 Å². The largest absolute Gasteiger partial charge is 0.398 e. The van der Waals surface area contributed by atoms with Crippen molar-refractivity contribution in [3.05, 3.63) is 52.1 Å². The molecule has 0 spiro atoms. The van der Waals surface area contributed by atoms with Crippen molar-refractivity contribution in [3.8, 4) is 0 Å². The van der Waals surface area contributed by atoms with Crippen molar-refractivity contribution >= 4 is 27.4 Å². The van der Waals surface area contributed by atoms with Crippen molar-refractivity contribution in [1.29, 1.82) is 0 Å². The average molecular weight is 334 g/mol. The quantitative estimate of drug-likeness (QED) is 0.854. The predicted molar refractivity (Wildman–Crippen MR) is 88.8 cm³/mol. The Kier molecular flexibility index (Phi) is 4.65. The molecule has 106 valence electrons. The van der Waals surface area contributed by atoms with Crippen LogP contribution in [0.2, 0.25) is 0 Å². The van der Waals surface area contributed by atoms with Crippen molar-refractivity contribution in [1.82, 2.24) is 4.98 Å². The normalized spacial score (nSPS) is 10.8. The van der Waals surface area contributed by atoms with E-state index >= 15 is 0 Å². The van der Waals surface area contributed by atoms with Crippen molar-refractivity contribution in [2.75, 3.05) is 10.6 Å². The van der Waals surface area contributed by atoms with Gasteiger partial charge in [-0.05, 0) is 60.5 Å². The Balaban J connectivity index is 2.32. The van der Waals surface area contributed by atoms with Crippen LogP contribution in [-0.2, 0) is 6.54 Å². The lowest BCUT2D eigenvalue weighted by molar-refractivity contribution is 0.672. The number of hydrogen-bond acceptors (Lipinski definition) is 3.